The van der Waals surface area contributed by atoms with Crippen LogP contribution in [0.3, 0.4) is 0 Å². The van der Waals surface area contributed by atoms with Crippen molar-refractivity contribution in [3.05, 3.63) is 29.8 Å². The lowest BCUT2D eigenvalue weighted by Crippen LogP contribution is -2.20. The first-order valence-electron chi connectivity index (χ1n) is 8.94. The number of anilines is 1. The van der Waals surface area contributed by atoms with Gasteiger partial charge in [0.05, 0.1) is 0 Å². The standard InChI is InChI=1S/C20H35N/c1-4-6-8-12-16-20(3,15-11-7-5-2)17-18-13-9-10-14-19(18)21/h9-10,13-14H,4-8,11-12,15-17,21H2,1-3H3. The zero-order valence-corrected chi connectivity index (χ0v) is 14.5. The number of unbranched alkanes of at least 4 members (excludes halogenated alkanes) is 5. The monoisotopic (exact) mass is 289 g/mol. The third-order valence-electron chi connectivity index (χ3n) is 4.69. The summed E-state index contributed by atoms with van der Waals surface area (Å²) < 4.78 is 0. The SMILES string of the molecule is CCCCCCC(C)(CCCCC)Cc1ccccc1N. The molecule has 0 heterocycles. The van der Waals surface area contributed by atoms with Gasteiger partial charge in [-0.15, -0.1) is 0 Å². The highest BCUT2D eigenvalue weighted by Gasteiger charge is 2.24. The van der Waals surface area contributed by atoms with Crippen molar-refractivity contribution < 1.29 is 0 Å². The van der Waals surface area contributed by atoms with Gasteiger partial charge in [-0.05, 0) is 36.3 Å². The topological polar surface area (TPSA) is 26.0 Å². The van der Waals surface area contributed by atoms with E-state index in [1.165, 1.54) is 63.4 Å². The predicted molar refractivity (Wildman–Crippen MR) is 95.6 cm³/mol. The molecule has 1 atom stereocenters. The first kappa shape index (κ1) is 18.1. The molecule has 1 rings (SSSR count). The Hall–Kier alpha value is -0.980. The molecule has 0 aliphatic rings. The van der Waals surface area contributed by atoms with Crippen LogP contribution in [0.25, 0.3) is 0 Å². The minimum absolute atomic E-state index is 0.415. The average molecular weight is 290 g/mol. The fourth-order valence-corrected chi connectivity index (χ4v) is 3.24. The fraction of sp³-hybridized carbons (Fsp3) is 0.700. The van der Waals surface area contributed by atoms with Gasteiger partial charge in [0.15, 0.2) is 0 Å². The summed E-state index contributed by atoms with van der Waals surface area (Å²) in [6, 6.07) is 8.40. The molecular formula is C20H35N. The highest BCUT2D eigenvalue weighted by Crippen LogP contribution is 2.36. The Labute approximate surface area is 132 Å². The summed E-state index contributed by atoms with van der Waals surface area (Å²) in [7, 11) is 0. The second-order valence-electron chi connectivity index (χ2n) is 6.95. The van der Waals surface area contributed by atoms with E-state index in [9.17, 15) is 0 Å². The van der Waals surface area contributed by atoms with E-state index in [1.54, 1.807) is 0 Å². The molecule has 21 heavy (non-hydrogen) atoms. The Morgan fingerprint density at radius 2 is 1.43 bits per heavy atom. The van der Waals surface area contributed by atoms with Crippen LogP contribution in [0.5, 0.6) is 0 Å². The van der Waals surface area contributed by atoms with Gasteiger partial charge in [0.2, 0.25) is 0 Å². The molecule has 0 fully saturated rings. The average Bonchev–Trinajstić information content (AvgIpc) is 2.47. The summed E-state index contributed by atoms with van der Waals surface area (Å²) in [5.41, 5.74) is 8.88. The quantitative estimate of drug-likeness (QED) is 0.372. The molecule has 0 saturated carbocycles. The lowest BCUT2D eigenvalue weighted by Gasteiger charge is -2.31. The van der Waals surface area contributed by atoms with Crippen LogP contribution in [-0.2, 0) is 6.42 Å². The lowest BCUT2D eigenvalue weighted by atomic mass is 9.75. The van der Waals surface area contributed by atoms with Crippen molar-refractivity contribution in [2.45, 2.75) is 85.0 Å². The number of rotatable bonds is 11. The molecule has 1 heteroatoms. The smallest absolute Gasteiger partial charge is 0.0346 e. The van der Waals surface area contributed by atoms with Gasteiger partial charge in [-0.2, -0.15) is 0 Å². The molecule has 1 aromatic rings. The third kappa shape index (κ3) is 7.02. The predicted octanol–water partition coefficient (Wildman–Crippen LogP) is 6.37. The summed E-state index contributed by atoms with van der Waals surface area (Å²) in [5.74, 6) is 0. The van der Waals surface area contributed by atoms with Gasteiger partial charge in [0, 0.05) is 5.69 Å². The van der Waals surface area contributed by atoms with Gasteiger partial charge in [-0.1, -0.05) is 83.9 Å². The third-order valence-corrected chi connectivity index (χ3v) is 4.69. The molecule has 0 saturated heterocycles. The molecule has 0 spiro atoms. The minimum Gasteiger partial charge on any atom is -0.399 e. The molecule has 0 bridgehead atoms. The zero-order chi connectivity index (χ0) is 15.6. The van der Waals surface area contributed by atoms with E-state index in [0.717, 1.165) is 12.1 Å². The second kappa shape index (κ2) is 9.87. The van der Waals surface area contributed by atoms with Crippen LogP contribution in [0.2, 0.25) is 0 Å². The second-order valence-corrected chi connectivity index (χ2v) is 6.95. The molecule has 1 unspecified atom stereocenters. The maximum Gasteiger partial charge on any atom is 0.0346 e. The molecule has 2 N–H and O–H groups in total. The van der Waals surface area contributed by atoms with Gasteiger partial charge >= 0.3 is 0 Å². The Kier molecular flexibility index (Phi) is 8.49. The number of benzene rings is 1. The van der Waals surface area contributed by atoms with Crippen molar-refractivity contribution in [3.63, 3.8) is 0 Å². The number of nitrogens with two attached hydrogens (primary N) is 1. The van der Waals surface area contributed by atoms with E-state index in [4.69, 9.17) is 5.73 Å². The van der Waals surface area contributed by atoms with Gasteiger partial charge in [0.1, 0.15) is 0 Å². The largest absolute Gasteiger partial charge is 0.399 e. The maximum absolute atomic E-state index is 6.16. The van der Waals surface area contributed by atoms with Crippen molar-refractivity contribution in [3.8, 4) is 0 Å². The van der Waals surface area contributed by atoms with E-state index in [2.05, 4.69) is 32.9 Å². The van der Waals surface area contributed by atoms with Crippen LogP contribution in [0.15, 0.2) is 24.3 Å². The van der Waals surface area contributed by atoms with Crippen LogP contribution < -0.4 is 5.73 Å². The maximum atomic E-state index is 6.16. The van der Waals surface area contributed by atoms with E-state index in [0.29, 0.717) is 5.41 Å². The van der Waals surface area contributed by atoms with Gasteiger partial charge in [-0.25, -0.2) is 0 Å². The van der Waals surface area contributed by atoms with Crippen LogP contribution in [0.4, 0.5) is 5.69 Å². The number of para-hydroxylation sites is 1. The molecule has 0 aliphatic heterocycles. The van der Waals surface area contributed by atoms with E-state index in [1.807, 2.05) is 12.1 Å². The van der Waals surface area contributed by atoms with E-state index >= 15 is 0 Å². The molecular weight excluding hydrogens is 254 g/mol. The van der Waals surface area contributed by atoms with Gasteiger partial charge < -0.3 is 5.73 Å². The molecule has 0 aromatic heterocycles. The number of hydrogen-bond acceptors (Lipinski definition) is 1. The van der Waals surface area contributed by atoms with Crippen LogP contribution in [0.1, 0.15) is 84.1 Å². The van der Waals surface area contributed by atoms with Gasteiger partial charge in [0.25, 0.3) is 0 Å². The zero-order valence-electron chi connectivity index (χ0n) is 14.5. The Morgan fingerprint density at radius 1 is 0.857 bits per heavy atom. The number of hydrogen-bond donors (Lipinski definition) is 1. The first-order chi connectivity index (χ1) is 10.1. The molecule has 0 aliphatic carbocycles. The fourth-order valence-electron chi connectivity index (χ4n) is 3.24. The van der Waals surface area contributed by atoms with Crippen molar-refractivity contribution in [1.29, 1.82) is 0 Å². The summed E-state index contributed by atoms with van der Waals surface area (Å²) in [5, 5.41) is 0. The van der Waals surface area contributed by atoms with Crippen molar-refractivity contribution >= 4 is 5.69 Å². The molecule has 0 radical (unpaired) electrons. The van der Waals surface area contributed by atoms with Crippen LogP contribution in [-0.4, -0.2) is 0 Å². The van der Waals surface area contributed by atoms with Crippen molar-refractivity contribution in [1.82, 2.24) is 0 Å². The van der Waals surface area contributed by atoms with Crippen LogP contribution >= 0.6 is 0 Å². The Bertz CT molecular complexity index is 385. The molecule has 120 valence electrons. The molecule has 1 nitrogen and oxygen atoms in total. The van der Waals surface area contributed by atoms with Gasteiger partial charge in [-0.3, -0.25) is 0 Å². The minimum atomic E-state index is 0.415. The Balaban J connectivity index is 2.63. The van der Waals surface area contributed by atoms with Crippen molar-refractivity contribution in [2.75, 3.05) is 5.73 Å². The van der Waals surface area contributed by atoms with Crippen LogP contribution in [0, 0.1) is 5.41 Å². The summed E-state index contributed by atoms with van der Waals surface area (Å²) >= 11 is 0. The normalized spacial score (nSPS) is 14.0. The summed E-state index contributed by atoms with van der Waals surface area (Å²) in [6.45, 7) is 7.04. The lowest BCUT2D eigenvalue weighted by molar-refractivity contribution is 0.250. The first-order valence-corrected chi connectivity index (χ1v) is 8.94. The number of nitrogen functional groups attached to an aromatic ring is 1. The van der Waals surface area contributed by atoms with E-state index < -0.39 is 0 Å². The summed E-state index contributed by atoms with van der Waals surface area (Å²) in [4.78, 5) is 0. The summed E-state index contributed by atoms with van der Waals surface area (Å²) in [6.07, 6.45) is 13.3. The molecule has 1 aromatic carbocycles. The Morgan fingerprint density at radius 3 is 2.05 bits per heavy atom. The van der Waals surface area contributed by atoms with E-state index in [-0.39, 0.29) is 0 Å². The highest BCUT2D eigenvalue weighted by molar-refractivity contribution is 5.46. The van der Waals surface area contributed by atoms with Crippen molar-refractivity contribution in [2.24, 2.45) is 5.41 Å². The highest BCUT2D eigenvalue weighted by atomic mass is 14.6. The molecule has 0 amide bonds.